The third-order valence-electron chi connectivity index (χ3n) is 3.09. The van der Waals surface area contributed by atoms with Crippen molar-refractivity contribution in [2.75, 3.05) is 6.54 Å². The molecule has 0 radical (unpaired) electrons. The summed E-state index contributed by atoms with van der Waals surface area (Å²) in [7, 11) is 0. The molecule has 0 saturated carbocycles. The fourth-order valence-corrected chi connectivity index (χ4v) is 2.18. The van der Waals surface area contributed by atoms with Gasteiger partial charge in [0, 0.05) is 5.02 Å². The van der Waals surface area contributed by atoms with Gasteiger partial charge in [0.25, 0.3) is 5.91 Å². The molecule has 5 heteroatoms. The van der Waals surface area contributed by atoms with E-state index in [0.29, 0.717) is 10.6 Å². The van der Waals surface area contributed by atoms with Crippen molar-refractivity contribution in [3.8, 4) is 11.8 Å². The normalized spacial score (nSPS) is 21.9. The first kappa shape index (κ1) is 13.4. The zero-order valence-corrected chi connectivity index (χ0v) is 11.4. The van der Waals surface area contributed by atoms with Crippen LogP contribution in [0.4, 0.5) is 4.79 Å². The number of benzene rings is 1. The number of amides is 3. The molecule has 1 atom stereocenters. The van der Waals surface area contributed by atoms with Gasteiger partial charge < -0.3 is 5.32 Å². The Morgan fingerprint density at radius 1 is 1.42 bits per heavy atom. The average Bonchev–Trinajstić information content (AvgIpc) is 2.59. The van der Waals surface area contributed by atoms with Gasteiger partial charge in [-0.05, 0) is 31.5 Å². The maximum atomic E-state index is 12.4. The van der Waals surface area contributed by atoms with Crippen LogP contribution in [0.3, 0.4) is 0 Å². The number of nitrogens with zero attached hydrogens (tertiary/aromatic N) is 1. The van der Waals surface area contributed by atoms with Gasteiger partial charge in [-0.1, -0.05) is 29.7 Å². The molecule has 1 aliphatic rings. The van der Waals surface area contributed by atoms with E-state index in [2.05, 4.69) is 17.2 Å². The van der Waals surface area contributed by atoms with Gasteiger partial charge in [0.05, 0.1) is 6.54 Å². The number of hydrogen-bond acceptors (Lipinski definition) is 2. The standard InChI is InChI=1S/C14H13ClN2O2/c1-3-4-8-17-12(18)14(2,16-13(17)19)10-6-5-7-11(15)9-10/h5-7,9H,8H2,1-2H3,(H,16,19). The monoisotopic (exact) mass is 276 g/mol. The van der Waals surface area contributed by atoms with E-state index in [-0.39, 0.29) is 12.5 Å². The van der Waals surface area contributed by atoms with E-state index in [0.717, 1.165) is 4.90 Å². The molecule has 0 aromatic heterocycles. The Labute approximate surface area is 116 Å². The number of imide groups is 1. The van der Waals surface area contributed by atoms with Crippen molar-refractivity contribution in [2.45, 2.75) is 19.4 Å². The van der Waals surface area contributed by atoms with Crippen LogP contribution in [0.5, 0.6) is 0 Å². The predicted molar refractivity (Wildman–Crippen MR) is 72.5 cm³/mol. The Hall–Kier alpha value is -1.99. The Balaban J connectivity index is 2.37. The minimum absolute atomic E-state index is 0.0946. The number of hydrogen-bond donors (Lipinski definition) is 1. The molecule has 0 spiro atoms. The molecule has 4 nitrogen and oxygen atoms in total. The molecule has 1 N–H and O–H groups in total. The molecular formula is C14H13ClN2O2. The fraction of sp³-hybridized carbons (Fsp3) is 0.286. The summed E-state index contributed by atoms with van der Waals surface area (Å²) in [5, 5.41) is 3.21. The van der Waals surface area contributed by atoms with Gasteiger partial charge in [-0.2, -0.15) is 0 Å². The number of rotatable bonds is 2. The molecule has 19 heavy (non-hydrogen) atoms. The third kappa shape index (κ3) is 2.29. The Bertz CT molecular complexity index is 603. The summed E-state index contributed by atoms with van der Waals surface area (Å²) in [6.07, 6.45) is 0. The van der Waals surface area contributed by atoms with Gasteiger partial charge in [-0.25, -0.2) is 4.79 Å². The minimum Gasteiger partial charge on any atom is -0.319 e. The first-order valence-corrected chi connectivity index (χ1v) is 6.16. The number of urea groups is 1. The highest BCUT2D eigenvalue weighted by atomic mass is 35.5. The van der Waals surface area contributed by atoms with Gasteiger partial charge in [0.15, 0.2) is 0 Å². The van der Waals surface area contributed by atoms with Crippen molar-refractivity contribution >= 4 is 23.5 Å². The maximum absolute atomic E-state index is 12.4. The van der Waals surface area contributed by atoms with Crippen LogP contribution in [0.2, 0.25) is 5.02 Å². The highest BCUT2D eigenvalue weighted by Gasteiger charge is 2.48. The Morgan fingerprint density at radius 3 is 2.79 bits per heavy atom. The predicted octanol–water partition coefficient (Wildman–Crippen LogP) is 2.13. The van der Waals surface area contributed by atoms with Gasteiger partial charge in [-0.3, -0.25) is 9.69 Å². The smallest absolute Gasteiger partial charge is 0.319 e. The summed E-state index contributed by atoms with van der Waals surface area (Å²) < 4.78 is 0. The van der Waals surface area contributed by atoms with Gasteiger partial charge in [0.1, 0.15) is 5.54 Å². The lowest BCUT2D eigenvalue weighted by molar-refractivity contribution is -0.130. The molecule has 98 valence electrons. The summed E-state index contributed by atoms with van der Waals surface area (Å²) in [6.45, 7) is 3.42. The van der Waals surface area contributed by atoms with E-state index < -0.39 is 11.6 Å². The van der Waals surface area contributed by atoms with Crippen molar-refractivity contribution in [1.82, 2.24) is 10.2 Å². The third-order valence-corrected chi connectivity index (χ3v) is 3.33. The Kier molecular flexibility index (Phi) is 3.50. The zero-order chi connectivity index (χ0) is 14.0. The highest BCUT2D eigenvalue weighted by Crippen LogP contribution is 2.29. The van der Waals surface area contributed by atoms with Crippen LogP contribution in [0.15, 0.2) is 24.3 Å². The van der Waals surface area contributed by atoms with Crippen molar-refractivity contribution in [2.24, 2.45) is 0 Å². The largest absolute Gasteiger partial charge is 0.326 e. The highest BCUT2D eigenvalue weighted by molar-refractivity contribution is 6.30. The second-order valence-corrected chi connectivity index (χ2v) is 4.82. The molecule has 1 heterocycles. The van der Waals surface area contributed by atoms with E-state index >= 15 is 0 Å². The molecule has 1 unspecified atom stereocenters. The summed E-state index contributed by atoms with van der Waals surface area (Å²) in [4.78, 5) is 25.4. The maximum Gasteiger partial charge on any atom is 0.326 e. The molecule has 1 fully saturated rings. The number of carbonyl (C=O) groups is 2. The lowest BCUT2D eigenvalue weighted by atomic mass is 9.92. The van der Waals surface area contributed by atoms with Crippen LogP contribution in [-0.4, -0.2) is 23.4 Å². The van der Waals surface area contributed by atoms with Gasteiger partial charge in [0.2, 0.25) is 0 Å². The Morgan fingerprint density at radius 2 is 2.16 bits per heavy atom. The van der Waals surface area contributed by atoms with E-state index in [1.165, 1.54) is 0 Å². The van der Waals surface area contributed by atoms with Crippen LogP contribution in [0.25, 0.3) is 0 Å². The lowest BCUT2D eigenvalue weighted by Gasteiger charge is -2.22. The van der Waals surface area contributed by atoms with Gasteiger partial charge in [-0.15, -0.1) is 5.92 Å². The van der Waals surface area contributed by atoms with Crippen LogP contribution in [0.1, 0.15) is 19.4 Å². The molecule has 0 aliphatic carbocycles. The van der Waals surface area contributed by atoms with Crippen LogP contribution in [0, 0.1) is 11.8 Å². The number of halogens is 1. The average molecular weight is 277 g/mol. The molecule has 1 aromatic rings. The summed E-state index contributed by atoms with van der Waals surface area (Å²) in [5.74, 6) is 5.07. The first-order valence-electron chi connectivity index (χ1n) is 5.79. The van der Waals surface area contributed by atoms with Gasteiger partial charge >= 0.3 is 6.03 Å². The van der Waals surface area contributed by atoms with E-state index in [4.69, 9.17) is 11.6 Å². The number of carbonyl (C=O) groups excluding carboxylic acids is 2. The van der Waals surface area contributed by atoms with Crippen molar-refractivity contribution < 1.29 is 9.59 Å². The first-order chi connectivity index (χ1) is 8.99. The topological polar surface area (TPSA) is 49.4 Å². The van der Waals surface area contributed by atoms with E-state index in [1.54, 1.807) is 38.1 Å². The van der Waals surface area contributed by atoms with E-state index in [9.17, 15) is 9.59 Å². The minimum atomic E-state index is -1.09. The molecule has 1 aliphatic heterocycles. The zero-order valence-electron chi connectivity index (χ0n) is 10.7. The van der Waals surface area contributed by atoms with Crippen molar-refractivity contribution in [3.63, 3.8) is 0 Å². The van der Waals surface area contributed by atoms with Crippen LogP contribution in [-0.2, 0) is 10.3 Å². The summed E-state index contributed by atoms with van der Waals surface area (Å²) in [6, 6.07) is 6.47. The molecule has 3 amide bonds. The lowest BCUT2D eigenvalue weighted by Crippen LogP contribution is -2.40. The SMILES string of the molecule is CC#CCN1C(=O)NC(C)(c2cccc(Cl)c2)C1=O. The summed E-state index contributed by atoms with van der Waals surface area (Å²) in [5.41, 5.74) is -0.428. The van der Waals surface area contributed by atoms with E-state index in [1.807, 2.05) is 0 Å². The second-order valence-electron chi connectivity index (χ2n) is 4.38. The molecule has 2 rings (SSSR count). The van der Waals surface area contributed by atoms with Crippen LogP contribution < -0.4 is 5.32 Å². The van der Waals surface area contributed by atoms with Crippen LogP contribution >= 0.6 is 11.6 Å². The number of nitrogens with one attached hydrogen (secondary N) is 1. The van der Waals surface area contributed by atoms with Crippen molar-refractivity contribution in [3.05, 3.63) is 34.9 Å². The quantitative estimate of drug-likeness (QED) is 0.664. The van der Waals surface area contributed by atoms with Crippen molar-refractivity contribution in [1.29, 1.82) is 0 Å². The molecule has 1 saturated heterocycles. The molecule has 1 aromatic carbocycles. The molecule has 0 bridgehead atoms. The molecular weight excluding hydrogens is 264 g/mol. The summed E-state index contributed by atoms with van der Waals surface area (Å²) >= 11 is 5.93. The second kappa shape index (κ2) is 4.94. The fourth-order valence-electron chi connectivity index (χ4n) is 1.99.